The fourth-order valence-electron chi connectivity index (χ4n) is 2.79. The molecule has 0 bridgehead atoms. The molecule has 1 aromatic heterocycles. The van der Waals surface area contributed by atoms with Crippen LogP contribution in [0.15, 0.2) is 24.4 Å². The molecule has 1 fully saturated rings. The van der Waals surface area contributed by atoms with Crippen LogP contribution in [0.3, 0.4) is 0 Å². The van der Waals surface area contributed by atoms with Gasteiger partial charge in [-0.2, -0.15) is 0 Å². The number of hydrogen-bond donors (Lipinski definition) is 2. The third kappa shape index (κ3) is 3.81. The molecule has 25 heavy (non-hydrogen) atoms. The number of carboxylic acids is 1. The van der Waals surface area contributed by atoms with E-state index in [1.54, 1.807) is 24.4 Å². The first-order chi connectivity index (χ1) is 11.9. The number of amides is 1. The molecule has 1 saturated heterocycles. The second kappa shape index (κ2) is 6.96. The number of pyridine rings is 1. The summed E-state index contributed by atoms with van der Waals surface area (Å²) in [6.07, 6.45) is 2.64. The highest BCUT2D eigenvalue weighted by molar-refractivity contribution is 5.99. The number of carbonyl (C=O) groups excluding carboxylic acids is 1. The summed E-state index contributed by atoms with van der Waals surface area (Å²) in [6.45, 7) is 3.98. The second-order valence-corrected chi connectivity index (χ2v) is 6.27. The molecule has 132 valence electrons. The van der Waals surface area contributed by atoms with Gasteiger partial charge in [-0.3, -0.25) is 4.79 Å². The summed E-state index contributed by atoms with van der Waals surface area (Å²) in [6, 6.07) is 4.90. The minimum atomic E-state index is -1.05. The van der Waals surface area contributed by atoms with E-state index in [0.717, 1.165) is 6.42 Å². The topological polar surface area (TPSA) is 97.8 Å². The van der Waals surface area contributed by atoms with Crippen LogP contribution in [0.4, 0.5) is 0 Å². The lowest BCUT2D eigenvalue weighted by atomic mass is 10.1. The fraction of sp³-hybridized carbons (Fsp3) is 0.389. The summed E-state index contributed by atoms with van der Waals surface area (Å²) in [5.74, 6) is -0.352. The maximum Gasteiger partial charge on any atom is 0.339 e. The van der Waals surface area contributed by atoms with E-state index in [-0.39, 0.29) is 29.4 Å². The van der Waals surface area contributed by atoms with Crippen molar-refractivity contribution in [1.82, 2.24) is 10.3 Å². The Morgan fingerprint density at radius 2 is 2.24 bits per heavy atom. The fourth-order valence-corrected chi connectivity index (χ4v) is 2.79. The van der Waals surface area contributed by atoms with E-state index in [9.17, 15) is 14.7 Å². The number of nitrogens with one attached hydrogen (secondary N) is 1. The van der Waals surface area contributed by atoms with Gasteiger partial charge in [-0.05, 0) is 43.9 Å². The van der Waals surface area contributed by atoms with E-state index in [0.29, 0.717) is 29.7 Å². The van der Waals surface area contributed by atoms with Crippen molar-refractivity contribution in [2.75, 3.05) is 6.61 Å². The standard InChI is InChI=1S/C18H20N2O5/c1-10(2)25-15-8-13-11(7-14(15)18(22)23)5-6-19-17(13)24-9-12-3-4-16(21)20-12/h5-8,10,12H,3-4,9H2,1-2H3,(H,20,21)(H,22,23). The first kappa shape index (κ1) is 17.0. The monoisotopic (exact) mass is 344 g/mol. The van der Waals surface area contributed by atoms with Gasteiger partial charge < -0.3 is 19.9 Å². The number of fused-ring (bicyclic) bond motifs is 1. The van der Waals surface area contributed by atoms with Gasteiger partial charge in [0.25, 0.3) is 0 Å². The molecular formula is C18H20N2O5. The molecule has 1 unspecified atom stereocenters. The van der Waals surface area contributed by atoms with Crippen LogP contribution in [0.2, 0.25) is 0 Å². The molecule has 3 rings (SSSR count). The van der Waals surface area contributed by atoms with Gasteiger partial charge in [0, 0.05) is 18.0 Å². The molecule has 0 spiro atoms. The lowest BCUT2D eigenvalue weighted by molar-refractivity contribution is -0.119. The van der Waals surface area contributed by atoms with Gasteiger partial charge in [0.15, 0.2) is 0 Å². The number of carboxylic acid groups (broad SMARTS) is 1. The van der Waals surface area contributed by atoms with E-state index < -0.39 is 5.97 Å². The number of nitrogens with zero attached hydrogens (tertiary/aromatic N) is 1. The van der Waals surface area contributed by atoms with Crippen molar-refractivity contribution >= 4 is 22.6 Å². The Morgan fingerprint density at radius 1 is 1.44 bits per heavy atom. The van der Waals surface area contributed by atoms with Gasteiger partial charge in [0.2, 0.25) is 11.8 Å². The molecule has 0 radical (unpaired) electrons. The molecule has 0 saturated carbocycles. The number of hydrogen-bond acceptors (Lipinski definition) is 5. The van der Waals surface area contributed by atoms with Crippen LogP contribution in [-0.2, 0) is 4.79 Å². The summed E-state index contributed by atoms with van der Waals surface area (Å²) in [4.78, 5) is 27.0. The number of ether oxygens (including phenoxy) is 2. The number of aromatic carboxylic acids is 1. The van der Waals surface area contributed by atoms with Crippen molar-refractivity contribution in [1.29, 1.82) is 0 Å². The Labute approximate surface area is 145 Å². The molecule has 1 atom stereocenters. The molecule has 7 heteroatoms. The van der Waals surface area contributed by atoms with Crippen LogP contribution in [0, 0.1) is 0 Å². The van der Waals surface area contributed by atoms with Gasteiger partial charge in [-0.15, -0.1) is 0 Å². The molecule has 1 amide bonds. The highest BCUT2D eigenvalue weighted by atomic mass is 16.5. The lowest BCUT2D eigenvalue weighted by Gasteiger charge is -2.16. The van der Waals surface area contributed by atoms with Gasteiger partial charge in [-0.25, -0.2) is 9.78 Å². The lowest BCUT2D eigenvalue weighted by Crippen LogP contribution is -2.31. The van der Waals surface area contributed by atoms with Gasteiger partial charge in [-0.1, -0.05) is 0 Å². The number of carbonyl (C=O) groups is 2. The van der Waals surface area contributed by atoms with Gasteiger partial charge in [0.1, 0.15) is 17.9 Å². The van der Waals surface area contributed by atoms with E-state index >= 15 is 0 Å². The molecule has 2 heterocycles. The SMILES string of the molecule is CC(C)Oc1cc2c(OCC3CCC(=O)N3)nccc2cc1C(=O)O. The highest BCUT2D eigenvalue weighted by Crippen LogP contribution is 2.31. The second-order valence-electron chi connectivity index (χ2n) is 6.27. The Kier molecular flexibility index (Phi) is 4.74. The summed E-state index contributed by atoms with van der Waals surface area (Å²) < 4.78 is 11.4. The van der Waals surface area contributed by atoms with Crippen LogP contribution in [0.25, 0.3) is 10.8 Å². The van der Waals surface area contributed by atoms with E-state index in [4.69, 9.17) is 9.47 Å². The van der Waals surface area contributed by atoms with Crippen LogP contribution >= 0.6 is 0 Å². The predicted octanol–water partition coefficient (Wildman–Crippen LogP) is 2.38. The zero-order valence-electron chi connectivity index (χ0n) is 14.1. The Bertz CT molecular complexity index is 818. The van der Waals surface area contributed by atoms with Crippen LogP contribution in [0.5, 0.6) is 11.6 Å². The highest BCUT2D eigenvalue weighted by Gasteiger charge is 2.22. The third-order valence-corrected chi connectivity index (χ3v) is 3.93. The van der Waals surface area contributed by atoms with Crippen molar-refractivity contribution in [3.8, 4) is 11.6 Å². The van der Waals surface area contributed by atoms with Crippen LogP contribution in [0.1, 0.15) is 37.0 Å². The third-order valence-electron chi connectivity index (χ3n) is 3.93. The Morgan fingerprint density at radius 3 is 2.88 bits per heavy atom. The van der Waals surface area contributed by atoms with Gasteiger partial charge >= 0.3 is 5.97 Å². The molecule has 1 aromatic carbocycles. The molecule has 2 N–H and O–H groups in total. The first-order valence-corrected chi connectivity index (χ1v) is 8.19. The zero-order valence-corrected chi connectivity index (χ0v) is 14.1. The summed E-state index contributed by atoms with van der Waals surface area (Å²) in [5.41, 5.74) is 0.0985. The summed E-state index contributed by atoms with van der Waals surface area (Å²) in [7, 11) is 0. The number of rotatable bonds is 6. The summed E-state index contributed by atoms with van der Waals surface area (Å²) >= 11 is 0. The average molecular weight is 344 g/mol. The molecule has 2 aromatic rings. The van der Waals surface area contributed by atoms with Crippen LogP contribution < -0.4 is 14.8 Å². The molecular weight excluding hydrogens is 324 g/mol. The van der Waals surface area contributed by atoms with Crippen molar-refractivity contribution in [2.45, 2.75) is 38.8 Å². The number of benzene rings is 1. The predicted molar refractivity (Wildman–Crippen MR) is 91.1 cm³/mol. The Balaban J connectivity index is 1.93. The quantitative estimate of drug-likeness (QED) is 0.835. The largest absolute Gasteiger partial charge is 0.490 e. The van der Waals surface area contributed by atoms with E-state index in [1.165, 1.54) is 0 Å². The summed E-state index contributed by atoms with van der Waals surface area (Å²) in [5, 5.41) is 13.6. The maximum absolute atomic E-state index is 11.5. The molecule has 1 aliphatic rings. The van der Waals surface area contributed by atoms with Crippen molar-refractivity contribution in [3.63, 3.8) is 0 Å². The van der Waals surface area contributed by atoms with Gasteiger partial charge in [0.05, 0.1) is 12.1 Å². The van der Waals surface area contributed by atoms with Crippen LogP contribution in [-0.4, -0.2) is 40.7 Å². The number of aromatic nitrogens is 1. The van der Waals surface area contributed by atoms with Crippen molar-refractivity contribution in [2.24, 2.45) is 0 Å². The van der Waals surface area contributed by atoms with E-state index in [2.05, 4.69) is 10.3 Å². The van der Waals surface area contributed by atoms with E-state index in [1.807, 2.05) is 13.8 Å². The minimum absolute atomic E-state index is 0.0261. The molecule has 7 nitrogen and oxygen atoms in total. The molecule has 1 aliphatic heterocycles. The zero-order chi connectivity index (χ0) is 18.0. The molecule has 0 aliphatic carbocycles. The normalized spacial score (nSPS) is 16.9. The first-order valence-electron chi connectivity index (χ1n) is 8.19. The minimum Gasteiger partial charge on any atom is -0.490 e. The smallest absolute Gasteiger partial charge is 0.339 e. The van der Waals surface area contributed by atoms with Crippen molar-refractivity contribution < 1.29 is 24.2 Å². The Hall–Kier alpha value is -2.83. The maximum atomic E-state index is 11.5. The average Bonchev–Trinajstić information content (AvgIpc) is 2.97. The van der Waals surface area contributed by atoms with Crippen molar-refractivity contribution in [3.05, 3.63) is 30.0 Å².